The molecule has 0 bridgehead atoms. The van der Waals surface area contributed by atoms with Gasteiger partial charge in [-0.3, -0.25) is 14.4 Å². The second-order valence-electron chi connectivity index (χ2n) is 5.55. The molecule has 0 aliphatic heterocycles. The van der Waals surface area contributed by atoms with E-state index in [-0.39, 0.29) is 17.2 Å². The Morgan fingerprint density at radius 2 is 2.05 bits per heavy atom. The molecule has 1 fully saturated rings. The number of nitrogens with one attached hydrogen (secondary N) is 1. The highest BCUT2D eigenvalue weighted by atomic mass is 16.2. The first-order valence-corrected chi connectivity index (χ1v) is 7.20. The van der Waals surface area contributed by atoms with E-state index in [0.29, 0.717) is 31.0 Å². The molecule has 0 aromatic carbocycles. The molecule has 3 rings (SSSR count). The molecule has 1 N–H and O–H groups in total. The van der Waals surface area contributed by atoms with Crippen molar-refractivity contribution in [1.29, 1.82) is 0 Å². The molecule has 106 valence electrons. The van der Waals surface area contributed by atoms with Crippen LogP contribution in [0.25, 0.3) is 0 Å². The summed E-state index contributed by atoms with van der Waals surface area (Å²) in [6.07, 6.45) is 4.47. The van der Waals surface area contributed by atoms with Crippen LogP contribution in [0.15, 0.2) is 16.9 Å². The smallest absolute Gasteiger partial charge is 0.250 e. The molecule has 0 saturated heterocycles. The van der Waals surface area contributed by atoms with E-state index in [9.17, 15) is 14.4 Å². The number of hydrogen-bond acceptors (Lipinski definition) is 3. The molecule has 1 aromatic heterocycles. The monoisotopic (exact) mass is 274 g/mol. The van der Waals surface area contributed by atoms with Crippen LogP contribution in [-0.4, -0.2) is 22.3 Å². The van der Waals surface area contributed by atoms with Crippen LogP contribution in [0.4, 0.5) is 0 Å². The van der Waals surface area contributed by atoms with Crippen molar-refractivity contribution in [1.82, 2.24) is 9.88 Å². The minimum absolute atomic E-state index is 0.0147. The summed E-state index contributed by atoms with van der Waals surface area (Å²) in [6, 6.07) is 3.39. The number of Topliss-reactive ketones (excluding diaryl/α,β-unsaturated/α-hetero) is 1. The first-order valence-electron chi connectivity index (χ1n) is 7.20. The van der Waals surface area contributed by atoms with Gasteiger partial charge in [-0.05, 0) is 31.7 Å². The van der Waals surface area contributed by atoms with Gasteiger partial charge in [-0.25, -0.2) is 0 Å². The SMILES string of the molecule is O=C(CCn1c2c(ccc1=O)C(=O)CCC2)NC1CC1. The van der Waals surface area contributed by atoms with Crippen molar-refractivity contribution < 1.29 is 9.59 Å². The molecule has 0 spiro atoms. The first kappa shape index (κ1) is 13.1. The summed E-state index contributed by atoms with van der Waals surface area (Å²) in [7, 11) is 0. The van der Waals surface area contributed by atoms with Crippen molar-refractivity contribution in [2.24, 2.45) is 0 Å². The maximum absolute atomic E-state index is 12.0. The summed E-state index contributed by atoms with van der Waals surface area (Å²) in [6.45, 7) is 0.355. The Morgan fingerprint density at radius 1 is 1.25 bits per heavy atom. The fourth-order valence-corrected chi connectivity index (χ4v) is 2.68. The van der Waals surface area contributed by atoms with Crippen LogP contribution in [0.3, 0.4) is 0 Å². The quantitative estimate of drug-likeness (QED) is 0.892. The Labute approximate surface area is 117 Å². The normalized spacial score (nSPS) is 17.7. The molecule has 1 aromatic rings. The largest absolute Gasteiger partial charge is 0.353 e. The van der Waals surface area contributed by atoms with Crippen molar-refractivity contribution >= 4 is 11.7 Å². The molecule has 1 heterocycles. The van der Waals surface area contributed by atoms with Gasteiger partial charge in [0.05, 0.1) is 0 Å². The lowest BCUT2D eigenvalue weighted by molar-refractivity contribution is -0.121. The van der Waals surface area contributed by atoms with E-state index in [4.69, 9.17) is 0 Å². The van der Waals surface area contributed by atoms with Gasteiger partial charge in [-0.1, -0.05) is 0 Å². The van der Waals surface area contributed by atoms with Gasteiger partial charge < -0.3 is 9.88 Å². The van der Waals surface area contributed by atoms with Crippen molar-refractivity contribution in [2.75, 3.05) is 0 Å². The number of carbonyl (C=O) groups excluding carboxylic acids is 2. The van der Waals surface area contributed by atoms with Gasteiger partial charge in [0.25, 0.3) is 5.56 Å². The van der Waals surface area contributed by atoms with Crippen LogP contribution in [-0.2, 0) is 17.8 Å². The molecule has 1 amide bonds. The second-order valence-corrected chi connectivity index (χ2v) is 5.55. The molecule has 0 radical (unpaired) electrons. The topological polar surface area (TPSA) is 68.2 Å². The summed E-state index contributed by atoms with van der Waals surface area (Å²) in [5.41, 5.74) is 1.32. The average Bonchev–Trinajstić information content (AvgIpc) is 3.22. The predicted molar refractivity (Wildman–Crippen MR) is 73.8 cm³/mol. The number of fused-ring (bicyclic) bond motifs is 1. The molecule has 20 heavy (non-hydrogen) atoms. The molecule has 1 saturated carbocycles. The number of carbonyl (C=O) groups is 2. The highest BCUT2D eigenvalue weighted by molar-refractivity contribution is 5.98. The Hall–Kier alpha value is -1.91. The van der Waals surface area contributed by atoms with Crippen LogP contribution in [0.1, 0.15) is 48.2 Å². The molecule has 5 nitrogen and oxygen atoms in total. The van der Waals surface area contributed by atoms with E-state index in [1.807, 2.05) is 0 Å². The van der Waals surface area contributed by atoms with Crippen LogP contribution < -0.4 is 10.9 Å². The van der Waals surface area contributed by atoms with Gasteiger partial charge in [0.15, 0.2) is 5.78 Å². The highest BCUT2D eigenvalue weighted by Crippen LogP contribution is 2.20. The minimum Gasteiger partial charge on any atom is -0.353 e. The van der Waals surface area contributed by atoms with Crippen molar-refractivity contribution in [3.05, 3.63) is 33.7 Å². The molecular formula is C15H18N2O3. The van der Waals surface area contributed by atoms with Crippen LogP contribution >= 0.6 is 0 Å². The van der Waals surface area contributed by atoms with E-state index >= 15 is 0 Å². The lowest BCUT2D eigenvalue weighted by atomic mass is 9.94. The Morgan fingerprint density at radius 3 is 2.80 bits per heavy atom. The van der Waals surface area contributed by atoms with Crippen LogP contribution in [0.2, 0.25) is 0 Å². The number of rotatable bonds is 4. The van der Waals surface area contributed by atoms with Crippen molar-refractivity contribution in [3.63, 3.8) is 0 Å². The lowest BCUT2D eigenvalue weighted by Crippen LogP contribution is -2.31. The molecule has 0 unspecified atom stereocenters. The van der Waals surface area contributed by atoms with Crippen LogP contribution in [0.5, 0.6) is 0 Å². The molecule has 5 heteroatoms. The van der Waals surface area contributed by atoms with Gasteiger partial charge in [0, 0.05) is 42.8 Å². The Kier molecular flexibility index (Phi) is 3.42. The van der Waals surface area contributed by atoms with Gasteiger partial charge in [-0.2, -0.15) is 0 Å². The zero-order valence-corrected chi connectivity index (χ0v) is 11.4. The number of amides is 1. The number of pyridine rings is 1. The maximum Gasteiger partial charge on any atom is 0.250 e. The summed E-state index contributed by atoms with van der Waals surface area (Å²) in [5, 5.41) is 2.91. The molecule has 2 aliphatic carbocycles. The van der Waals surface area contributed by atoms with Crippen molar-refractivity contribution in [3.8, 4) is 0 Å². The summed E-state index contributed by atoms with van der Waals surface area (Å²) < 4.78 is 1.60. The third kappa shape index (κ3) is 2.66. The molecule has 0 atom stereocenters. The summed E-state index contributed by atoms with van der Waals surface area (Å²) in [5.74, 6) is 0.0848. The predicted octanol–water partition coefficient (Wildman–Crippen LogP) is 1.04. The van der Waals surface area contributed by atoms with E-state index in [2.05, 4.69) is 5.32 Å². The lowest BCUT2D eigenvalue weighted by Gasteiger charge is -2.19. The van der Waals surface area contributed by atoms with Gasteiger partial charge >= 0.3 is 0 Å². The standard InChI is InChI=1S/C15H18N2O3/c18-13-3-1-2-12-11(13)6-7-15(20)17(12)9-8-14(19)16-10-4-5-10/h6-7,10H,1-5,8-9H2,(H,16,19). The first-order chi connectivity index (χ1) is 9.65. The maximum atomic E-state index is 12.0. The summed E-state index contributed by atoms with van der Waals surface area (Å²) >= 11 is 0. The number of hydrogen-bond donors (Lipinski definition) is 1. The van der Waals surface area contributed by atoms with E-state index < -0.39 is 0 Å². The third-order valence-corrected chi connectivity index (χ3v) is 3.92. The van der Waals surface area contributed by atoms with Crippen molar-refractivity contribution in [2.45, 2.75) is 51.1 Å². The number of aromatic nitrogens is 1. The van der Waals surface area contributed by atoms with Crippen LogP contribution in [0, 0.1) is 0 Å². The highest BCUT2D eigenvalue weighted by Gasteiger charge is 2.24. The van der Waals surface area contributed by atoms with Gasteiger partial charge in [0.2, 0.25) is 5.91 Å². The Bertz CT molecular complexity index is 614. The minimum atomic E-state index is -0.127. The summed E-state index contributed by atoms with van der Waals surface area (Å²) in [4.78, 5) is 35.5. The second kappa shape index (κ2) is 5.23. The molecular weight excluding hydrogens is 256 g/mol. The fourth-order valence-electron chi connectivity index (χ4n) is 2.68. The fraction of sp³-hybridized carbons (Fsp3) is 0.533. The zero-order chi connectivity index (χ0) is 14.1. The van der Waals surface area contributed by atoms with E-state index in [1.54, 1.807) is 10.6 Å². The average molecular weight is 274 g/mol. The molecule has 2 aliphatic rings. The number of ketones is 1. The van der Waals surface area contributed by atoms with Gasteiger partial charge in [-0.15, -0.1) is 0 Å². The third-order valence-electron chi connectivity index (χ3n) is 3.92. The van der Waals surface area contributed by atoms with E-state index in [1.165, 1.54) is 6.07 Å². The number of nitrogens with zero attached hydrogens (tertiary/aromatic N) is 1. The van der Waals surface area contributed by atoms with E-state index in [0.717, 1.165) is 31.4 Å². The van der Waals surface area contributed by atoms with Gasteiger partial charge in [0.1, 0.15) is 0 Å². The zero-order valence-electron chi connectivity index (χ0n) is 11.4. The Balaban J connectivity index is 1.77.